The van der Waals surface area contributed by atoms with Crippen molar-refractivity contribution in [3.05, 3.63) is 185 Å². The molecule has 1 aliphatic rings. The fourth-order valence-electron chi connectivity index (χ4n) is 6.66. The first-order chi connectivity index (χ1) is 17.4. The predicted molar refractivity (Wildman–Crippen MR) is 145 cm³/mol. The average molecular weight is 450 g/mol. The zero-order valence-corrected chi connectivity index (χ0v) is 19.8. The van der Waals surface area contributed by atoms with Crippen molar-refractivity contribution >= 4 is 0 Å². The molecule has 1 fully saturated rings. The Morgan fingerprint density at radius 1 is 0.371 bits per heavy atom. The largest absolute Gasteiger partial charge is 0.0622 e. The van der Waals surface area contributed by atoms with E-state index < -0.39 is 0 Å². The Kier molecular flexibility index (Phi) is 5.58. The lowest BCUT2D eigenvalue weighted by Crippen LogP contribution is -2.50. The van der Waals surface area contributed by atoms with Gasteiger partial charge in [0.2, 0.25) is 0 Å². The Bertz CT molecular complexity index is 1280. The van der Waals surface area contributed by atoms with Gasteiger partial charge in [-0.2, -0.15) is 0 Å². The molecule has 0 saturated heterocycles. The number of hydrogen-bond acceptors (Lipinski definition) is 0. The topological polar surface area (TPSA) is 0 Å². The molecule has 0 aromatic heterocycles. The van der Waals surface area contributed by atoms with E-state index in [0.717, 1.165) is 12.8 Å². The molecule has 0 heterocycles. The van der Waals surface area contributed by atoms with Crippen LogP contribution < -0.4 is 0 Å². The SMILES string of the molecule is c1ccc([C]2CCC(c3ccccc3)(c3ccccc3)C2(c2ccccc2)c2ccccc2)cc1. The van der Waals surface area contributed by atoms with Crippen molar-refractivity contribution in [2.75, 3.05) is 0 Å². The van der Waals surface area contributed by atoms with Crippen LogP contribution >= 0.6 is 0 Å². The minimum absolute atomic E-state index is 0.261. The molecular weight excluding hydrogens is 420 g/mol. The first-order valence-corrected chi connectivity index (χ1v) is 12.5. The maximum atomic E-state index is 2.34. The molecule has 0 spiro atoms. The van der Waals surface area contributed by atoms with Crippen molar-refractivity contribution < 1.29 is 0 Å². The molecule has 0 unspecified atom stereocenters. The summed E-state index contributed by atoms with van der Waals surface area (Å²) in [7, 11) is 0. The van der Waals surface area contributed by atoms with E-state index in [1.165, 1.54) is 33.7 Å². The van der Waals surface area contributed by atoms with Crippen molar-refractivity contribution in [2.45, 2.75) is 23.7 Å². The molecule has 169 valence electrons. The normalized spacial score (nSPS) is 16.7. The molecule has 1 radical (unpaired) electrons. The molecule has 0 atom stereocenters. The summed E-state index contributed by atoms with van der Waals surface area (Å²) in [6, 6.07) is 55.8. The smallest absolute Gasteiger partial charge is 0.0445 e. The molecular formula is C35H29. The lowest BCUT2D eigenvalue weighted by Gasteiger charge is -2.51. The van der Waals surface area contributed by atoms with Gasteiger partial charge >= 0.3 is 0 Å². The zero-order chi connectivity index (χ0) is 23.6. The summed E-state index contributed by atoms with van der Waals surface area (Å²) in [5, 5.41) is 0. The van der Waals surface area contributed by atoms with Gasteiger partial charge in [-0.15, -0.1) is 0 Å². The highest BCUT2D eigenvalue weighted by atomic mass is 14.6. The minimum Gasteiger partial charge on any atom is -0.0622 e. The fourth-order valence-corrected chi connectivity index (χ4v) is 6.66. The molecule has 1 aliphatic carbocycles. The first kappa shape index (κ1) is 21.6. The van der Waals surface area contributed by atoms with Crippen LogP contribution in [0.15, 0.2) is 152 Å². The van der Waals surface area contributed by atoms with E-state index in [1.54, 1.807) is 0 Å². The standard InChI is InChI=1S/C35H29/c1-6-16-28(17-7-1)33-26-27-34(29-18-8-2-9-19-29,30-20-10-3-11-21-30)35(33,31-22-12-4-13-23-31)32-24-14-5-15-25-32/h1-25H,26-27H2. The molecule has 0 aliphatic heterocycles. The Morgan fingerprint density at radius 2 is 0.714 bits per heavy atom. The van der Waals surface area contributed by atoms with Gasteiger partial charge in [-0.3, -0.25) is 0 Å². The Hall–Kier alpha value is -3.90. The van der Waals surface area contributed by atoms with Crippen LogP contribution in [0.1, 0.15) is 40.7 Å². The van der Waals surface area contributed by atoms with E-state index in [1.807, 2.05) is 0 Å². The van der Waals surface area contributed by atoms with Crippen molar-refractivity contribution in [1.82, 2.24) is 0 Å². The Morgan fingerprint density at radius 3 is 1.11 bits per heavy atom. The van der Waals surface area contributed by atoms with Crippen molar-refractivity contribution in [3.63, 3.8) is 0 Å². The lowest BCUT2D eigenvalue weighted by molar-refractivity contribution is 0.379. The predicted octanol–water partition coefficient (Wildman–Crippen LogP) is 8.38. The molecule has 0 heteroatoms. The maximum Gasteiger partial charge on any atom is 0.0445 e. The van der Waals surface area contributed by atoms with Crippen molar-refractivity contribution in [2.24, 2.45) is 0 Å². The van der Waals surface area contributed by atoms with E-state index in [0.29, 0.717) is 0 Å². The number of benzene rings is 5. The minimum atomic E-state index is -0.362. The third-order valence-corrected chi connectivity index (χ3v) is 7.91. The monoisotopic (exact) mass is 449 g/mol. The molecule has 5 aromatic carbocycles. The van der Waals surface area contributed by atoms with E-state index >= 15 is 0 Å². The van der Waals surface area contributed by atoms with Gasteiger partial charge in [0.05, 0.1) is 0 Å². The summed E-state index contributed by atoms with van der Waals surface area (Å²) in [6.45, 7) is 0. The lowest BCUT2D eigenvalue weighted by atomic mass is 9.50. The van der Waals surface area contributed by atoms with Gasteiger partial charge in [-0.05, 0) is 40.7 Å². The van der Waals surface area contributed by atoms with Gasteiger partial charge < -0.3 is 0 Å². The second kappa shape index (κ2) is 9.04. The van der Waals surface area contributed by atoms with Crippen LogP contribution in [0.2, 0.25) is 0 Å². The highest BCUT2D eigenvalue weighted by molar-refractivity contribution is 5.66. The molecule has 5 aromatic rings. The van der Waals surface area contributed by atoms with Gasteiger partial charge in [0.1, 0.15) is 0 Å². The summed E-state index contributed by atoms with van der Waals surface area (Å²) in [4.78, 5) is 0. The number of hydrogen-bond donors (Lipinski definition) is 0. The van der Waals surface area contributed by atoms with Crippen LogP contribution in [0.5, 0.6) is 0 Å². The van der Waals surface area contributed by atoms with Gasteiger partial charge in [-0.25, -0.2) is 0 Å². The van der Waals surface area contributed by atoms with Crippen molar-refractivity contribution in [1.29, 1.82) is 0 Å². The van der Waals surface area contributed by atoms with E-state index in [-0.39, 0.29) is 10.8 Å². The quantitative estimate of drug-likeness (QED) is 0.253. The second-order valence-electron chi connectivity index (χ2n) is 9.46. The Balaban J connectivity index is 1.80. The average Bonchev–Trinajstić information content (AvgIpc) is 3.33. The van der Waals surface area contributed by atoms with Crippen LogP contribution in [0, 0.1) is 5.92 Å². The van der Waals surface area contributed by atoms with Crippen LogP contribution in [0.4, 0.5) is 0 Å². The molecule has 0 amide bonds. The molecule has 0 N–H and O–H groups in total. The zero-order valence-electron chi connectivity index (χ0n) is 19.8. The van der Waals surface area contributed by atoms with Crippen molar-refractivity contribution in [3.8, 4) is 0 Å². The molecule has 6 rings (SSSR count). The van der Waals surface area contributed by atoms with Crippen LogP contribution in [-0.4, -0.2) is 0 Å². The van der Waals surface area contributed by atoms with Crippen LogP contribution in [0.25, 0.3) is 0 Å². The summed E-state index contributed by atoms with van der Waals surface area (Å²) < 4.78 is 0. The van der Waals surface area contributed by atoms with Gasteiger partial charge in [0.25, 0.3) is 0 Å². The summed E-state index contributed by atoms with van der Waals surface area (Å²) in [6.07, 6.45) is 2.06. The summed E-state index contributed by atoms with van der Waals surface area (Å²) >= 11 is 0. The Labute approximate surface area is 208 Å². The molecule has 1 saturated carbocycles. The third-order valence-electron chi connectivity index (χ3n) is 7.91. The molecule has 0 nitrogen and oxygen atoms in total. The highest BCUT2D eigenvalue weighted by Gasteiger charge is 2.63. The molecule has 0 bridgehead atoms. The highest BCUT2D eigenvalue weighted by Crippen LogP contribution is 2.66. The summed E-state index contributed by atoms with van der Waals surface area (Å²) in [5.41, 5.74) is 6.12. The van der Waals surface area contributed by atoms with E-state index in [4.69, 9.17) is 0 Å². The van der Waals surface area contributed by atoms with Crippen LogP contribution in [-0.2, 0) is 10.8 Å². The first-order valence-electron chi connectivity index (χ1n) is 12.5. The number of rotatable bonds is 5. The van der Waals surface area contributed by atoms with Gasteiger partial charge in [0, 0.05) is 16.7 Å². The van der Waals surface area contributed by atoms with Gasteiger partial charge in [-0.1, -0.05) is 152 Å². The second-order valence-corrected chi connectivity index (χ2v) is 9.46. The van der Waals surface area contributed by atoms with Crippen LogP contribution in [0.3, 0.4) is 0 Å². The van der Waals surface area contributed by atoms with Gasteiger partial charge in [0.15, 0.2) is 0 Å². The maximum absolute atomic E-state index is 2.34. The van der Waals surface area contributed by atoms with E-state index in [2.05, 4.69) is 152 Å². The fraction of sp³-hybridized carbons (Fsp3) is 0.114. The summed E-state index contributed by atoms with van der Waals surface area (Å²) in [5.74, 6) is 1.49. The molecule has 35 heavy (non-hydrogen) atoms. The van der Waals surface area contributed by atoms with E-state index in [9.17, 15) is 0 Å². The third kappa shape index (κ3) is 3.28.